The molecule has 1 amide bonds. The van der Waals surface area contributed by atoms with Crippen molar-refractivity contribution in [3.8, 4) is 0 Å². The van der Waals surface area contributed by atoms with Gasteiger partial charge in [-0.25, -0.2) is 0 Å². The molecule has 0 aliphatic carbocycles. The summed E-state index contributed by atoms with van der Waals surface area (Å²) in [5.74, 6) is -0.0364. The lowest BCUT2D eigenvalue weighted by Gasteiger charge is -2.23. The van der Waals surface area contributed by atoms with Gasteiger partial charge >= 0.3 is 0 Å². The third-order valence-electron chi connectivity index (χ3n) is 2.42. The highest BCUT2D eigenvalue weighted by Crippen LogP contribution is 2.12. The molecule has 0 saturated carbocycles. The summed E-state index contributed by atoms with van der Waals surface area (Å²) in [6.07, 6.45) is 3.25. The Kier molecular flexibility index (Phi) is 4.90. The number of hydrogen-bond acceptors (Lipinski definition) is 3. The van der Waals surface area contributed by atoms with Gasteiger partial charge in [0.1, 0.15) is 6.10 Å². The summed E-state index contributed by atoms with van der Waals surface area (Å²) < 4.78 is 5.34. The van der Waals surface area contributed by atoms with Gasteiger partial charge in [0, 0.05) is 19.3 Å². The molecule has 4 heteroatoms. The van der Waals surface area contributed by atoms with Crippen LogP contribution in [0.3, 0.4) is 0 Å². The van der Waals surface area contributed by atoms with E-state index in [2.05, 4.69) is 5.32 Å². The van der Waals surface area contributed by atoms with E-state index in [1.807, 2.05) is 6.92 Å². The average Bonchev–Trinajstić information content (AvgIpc) is 2.19. The van der Waals surface area contributed by atoms with Crippen LogP contribution in [0.25, 0.3) is 0 Å². The molecule has 1 aliphatic heterocycles. The van der Waals surface area contributed by atoms with E-state index in [1.165, 1.54) is 0 Å². The SMILES string of the molecule is CC(CCO)NC(=O)C1CCCCO1. The third-order valence-corrected chi connectivity index (χ3v) is 2.42. The number of carbonyl (C=O) groups is 1. The van der Waals surface area contributed by atoms with Gasteiger partial charge in [-0.1, -0.05) is 0 Å². The quantitative estimate of drug-likeness (QED) is 0.694. The fourth-order valence-electron chi connectivity index (χ4n) is 1.55. The number of carbonyl (C=O) groups excluding carboxylic acids is 1. The van der Waals surface area contributed by atoms with Crippen LogP contribution in [0.15, 0.2) is 0 Å². The number of ether oxygens (including phenoxy) is 1. The molecule has 82 valence electrons. The first-order valence-electron chi connectivity index (χ1n) is 5.27. The smallest absolute Gasteiger partial charge is 0.249 e. The monoisotopic (exact) mass is 201 g/mol. The number of rotatable bonds is 4. The normalized spacial score (nSPS) is 24.3. The molecule has 0 bridgehead atoms. The van der Waals surface area contributed by atoms with Crippen molar-refractivity contribution < 1.29 is 14.6 Å². The van der Waals surface area contributed by atoms with Crippen molar-refractivity contribution in [1.29, 1.82) is 0 Å². The van der Waals surface area contributed by atoms with E-state index in [0.29, 0.717) is 13.0 Å². The van der Waals surface area contributed by atoms with E-state index < -0.39 is 0 Å². The summed E-state index contributed by atoms with van der Waals surface area (Å²) >= 11 is 0. The number of amides is 1. The Morgan fingerprint density at radius 1 is 1.64 bits per heavy atom. The second-order valence-corrected chi connectivity index (χ2v) is 3.78. The number of aliphatic hydroxyl groups is 1. The molecular formula is C10H19NO3. The molecule has 2 atom stereocenters. The van der Waals surface area contributed by atoms with Gasteiger partial charge in [0.05, 0.1) is 0 Å². The Labute approximate surface area is 84.6 Å². The summed E-state index contributed by atoms with van der Waals surface area (Å²) in [4.78, 5) is 11.6. The van der Waals surface area contributed by atoms with Gasteiger partial charge in [-0.05, 0) is 32.6 Å². The van der Waals surface area contributed by atoms with Crippen molar-refractivity contribution in [2.24, 2.45) is 0 Å². The zero-order valence-corrected chi connectivity index (χ0v) is 8.66. The van der Waals surface area contributed by atoms with Crippen LogP contribution in [-0.4, -0.2) is 36.4 Å². The maximum absolute atomic E-state index is 11.6. The van der Waals surface area contributed by atoms with E-state index >= 15 is 0 Å². The lowest BCUT2D eigenvalue weighted by atomic mass is 10.1. The molecule has 0 aromatic heterocycles. The number of aliphatic hydroxyl groups excluding tert-OH is 1. The average molecular weight is 201 g/mol. The van der Waals surface area contributed by atoms with E-state index in [1.54, 1.807) is 0 Å². The standard InChI is InChI=1S/C10H19NO3/c1-8(5-6-12)11-10(13)9-4-2-3-7-14-9/h8-9,12H,2-7H2,1H3,(H,11,13). The Bertz CT molecular complexity index is 178. The summed E-state index contributed by atoms with van der Waals surface area (Å²) in [6.45, 7) is 2.68. The van der Waals surface area contributed by atoms with Crippen LogP contribution in [0, 0.1) is 0 Å². The van der Waals surface area contributed by atoms with Gasteiger partial charge < -0.3 is 15.2 Å². The third kappa shape index (κ3) is 3.64. The Balaban J connectivity index is 2.25. The van der Waals surface area contributed by atoms with Crippen molar-refractivity contribution in [2.45, 2.75) is 44.8 Å². The Morgan fingerprint density at radius 2 is 2.43 bits per heavy atom. The van der Waals surface area contributed by atoms with Crippen LogP contribution >= 0.6 is 0 Å². The molecule has 2 N–H and O–H groups in total. The Morgan fingerprint density at radius 3 is 3.00 bits per heavy atom. The largest absolute Gasteiger partial charge is 0.396 e. The van der Waals surface area contributed by atoms with Crippen LogP contribution in [0.4, 0.5) is 0 Å². The fraction of sp³-hybridized carbons (Fsp3) is 0.900. The van der Waals surface area contributed by atoms with Crippen molar-refractivity contribution >= 4 is 5.91 Å². The predicted octanol–water partition coefficient (Wildman–Crippen LogP) is 0.443. The van der Waals surface area contributed by atoms with Crippen LogP contribution in [-0.2, 0) is 9.53 Å². The van der Waals surface area contributed by atoms with Crippen molar-refractivity contribution in [3.63, 3.8) is 0 Å². The maximum Gasteiger partial charge on any atom is 0.249 e. The van der Waals surface area contributed by atoms with Gasteiger partial charge in [0.2, 0.25) is 5.91 Å². The summed E-state index contributed by atoms with van der Waals surface area (Å²) in [6, 6.07) is 0.0260. The minimum atomic E-state index is -0.273. The van der Waals surface area contributed by atoms with Gasteiger partial charge in [-0.2, -0.15) is 0 Å². The topological polar surface area (TPSA) is 58.6 Å². The first-order valence-corrected chi connectivity index (χ1v) is 5.27. The van der Waals surface area contributed by atoms with Crippen LogP contribution in [0.5, 0.6) is 0 Å². The highest BCUT2D eigenvalue weighted by molar-refractivity contribution is 5.81. The summed E-state index contributed by atoms with van der Waals surface area (Å²) in [5, 5.41) is 11.5. The maximum atomic E-state index is 11.6. The van der Waals surface area contributed by atoms with Crippen molar-refractivity contribution in [3.05, 3.63) is 0 Å². The molecule has 1 heterocycles. The molecule has 14 heavy (non-hydrogen) atoms. The number of nitrogens with one attached hydrogen (secondary N) is 1. The highest BCUT2D eigenvalue weighted by atomic mass is 16.5. The lowest BCUT2D eigenvalue weighted by Crippen LogP contribution is -2.42. The Hall–Kier alpha value is -0.610. The molecule has 1 fully saturated rings. The minimum Gasteiger partial charge on any atom is -0.396 e. The fourth-order valence-corrected chi connectivity index (χ4v) is 1.55. The molecule has 0 spiro atoms. The van der Waals surface area contributed by atoms with Crippen LogP contribution in [0.1, 0.15) is 32.6 Å². The van der Waals surface area contributed by atoms with Crippen molar-refractivity contribution in [1.82, 2.24) is 5.32 Å². The molecule has 1 saturated heterocycles. The van der Waals surface area contributed by atoms with E-state index in [4.69, 9.17) is 9.84 Å². The highest BCUT2D eigenvalue weighted by Gasteiger charge is 2.22. The predicted molar refractivity (Wildman–Crippen MR) is 52.9 cm³/mol. The second kappa shape index (κ2) is 5.98. The molecule has 4 nitrogen and oxygen atoms in total. The second-order valence-electron chi connectivity index (χ2n) is 3.78. The van der Waals surface area contributed by atoms with Crippen LogP contribution < -0.4 is 5.32 Å². The van der Waals surface area contributed by atoms with Crippen LogP contribution in [0.2, 0.25) is 0 Å². The summed E-state index contributed by atoms with van der Waals surface area (Å²) in [5.41, 5.74) is 0. The van der Waals surface area contributed by atoms with E-state index in [0.717, 1.165) is 19.3 Å². The molecule has 0 radical (unpaired) electrons. The van der Waals surface area contributed by atoms with E-state index in [-0.39, 0.29) is 24.7 Å². The summed E-state index contributed by atoms with van der Waals surface area (Å²) in [7, 11) is 0. The molecule has 0 aromatic carbocycles. The van der Waals surface area contributed by atoms with Gasteiger partial charge in [0.25, 0.3) is 0 Å². The minimum absolute atomic E-state index is 0.0260. The zero-order chi connectivity index (χ0) is 10.4. The molecule has 1 rings (SSSR count). The molecule has 0 aromatic rings. The van der Waals surface area contributed by atoms with Gasteiger partial charge in [-0.15, -0.1) is 0 Å². The first-order chi connectivity index (χ1) is 6.74. The molecule has 2 unspecified atom stereocenters. The van der Waals surface area contributed by atoms with E-state index in [9.17, 15) is 4.79 Å². The van der Waals surface area contributed by atoms with Gasteiger partial charge in [0.15, 0.2) is 0 Å². The molecule has 1 aliphatic rings. The number of hydrogen-bond donors (Lipinski definition) is 2. The first kappa shape index (κ1) is 11.5. The molecular weight excluding hydrogens is 182 g/mol. The van der Waals surface area contributed by atoms with Crippen molar-refractivity contribution in [2.75, 3.05) is 13.2 Å². The zero-order valence-electron chi connectivity index (χ0n) is 8.66. The van der Waals surface area contributed by atoms with Gasteiger partial charge in [-0.3, -0.25) is 4.79 Å². The lowest BCUT2D eigenvalue weighted by molar-refractivity contribution is -0.136.